The van der Waals surface area contributed by atoms with E-state index >= 15 is 0 Å². The minimum atomic E-state index is -0.508. The molecular weight excluding hydrogens is 419 g/mol. The topological polar surface area (TPSA) is 67.3 Å². The van der Waals surface area contributed by atoms with E-state index in [1.807, 2.05) is 30.3 Å². The number of nitrogens with one attached hydrogen (secondary N) is 1. The number of methoxy groups -OCH3 is 1. The maximum absolute atomic E-state index is 13.3. The van der Waals surface area contributed by atoms with E-state index in [1.165, 1.54) is 18.2 Å². The first-order valence-corrected chi connectivity index (χ1v) is 10.4. The third kappa shape index (κ3) is 4.94. The SMILES string of the molecule is COc1ccc(-c2cc(N3CCC(C(=O)Nc4ccc(F)c(Cl)c4)CC3)ncn2)cc1. The Kier molecular flexibility index (Phi) is 6.32. The van der Waals surface area contributed by atoms with Gasteiger partial charge in [-0.3, -0.25) is 4.79 Å². The molecule has 0 unspecified atom stereocenters. The number of amides is 1. The second-order valence-electron chi connectivity index (χ2n) is 7.37. The van der Waals surface area contributed by atoms with Crippen molar-refractivity contribution in [3.8, 4) is 17.0 Å². The molecule has 1 amide bonds. The Labute approximate surface area is 185 Å². The Morgan fingerprint density at radius 2 is 1.87 bits per heavy atom. The van der Waals surface area contributed by atoms with E-state index in [4.69, 9.17) is 16.3 Å². The number of carbonyl (C=O) groups excluding carboxylic acids is 1. The van der Waals surface area contributed by atoms with Gasteiger partial charge < -0.3 is 15.0 Å². The van der Waals surface area contributed by atoms with Crippen LogP contribution < -0.4 is 15.0 Å². The lowest BCUT2D eigenvalue weighted by molar-refractivity contribution is -0.120. The van der Waals surface area contributed by atoms with E-state index in [9.17, 15) is 9.18 Å². The highest BCUT2D eigenvalue weighted by molar-refractivity contribution is 6.31. The summed E-state index contributed by atoms with van der Waals surface area (Å²) in [5, 5.41) is 2.82. The Morgan fingerprint density at radius 3 is 2.55 bits per heavy atom. The van der Waals surface area contributed by atoms with Crippen molar-refractivity contribution in [3.63, 3.8) is 0 Å². The van der Waals surface area contributed by atoms with Crippen LogP contribution in [0.5, 0.6) is 5.75 Å². The molecule has 2 aromatic carbocycles. The number of ether oxygens (including phenoxy) is 1. The van der Waals surface area contributed by atoms with Crippen molar-refractivity contribution in [1.29, 1.82) is 0 Å². The van der Waals surface area contributed by atoms with Gasteiger partial charge in [0.05, 0.1) is 17.8 Å². The molecule has 1 fully saturated rings. The summed E-state index contributed by atoms with van der Waals surface area (Å²) in [7, 11) is 1.64. The van der Waals surface area contributed by atoms with Crippen molar-refractivity contribution in [2.45, 2.75) is 12.8 Å². The number of piperidine rings is 1. The van der Waals surface area contributed by atoms with Crippen LogP contribution in [0.3, 0.4) is 0 Å². The van der Waals surface area contributed by atoms with Gasteiger partial charge in [0.1, 0.15) is 23.7 Å². The van der Waals surface area contributed by atoms with Crippen LogP contribution in [-0.4, -0.2) is 36.1 Å². The quantitative estimate of drug-likeness (QED) is 0.617. The molecular formula is C23H22ClFN4O2. The highest BCUT2D eigenvalue weighted by atomic mass is 35.5. The van der Waals surface area contributed by atoms with Gasteiger partial charge in [-0.25, -0.2) is 14.4 Å². The van der Waals surface area contributed by atoms with Crippen LogP contribution in [0, 0.1) is 11.7 Å². The average molecular weight is 441 g/mol. The molecule has 0 spiro atoms. The summed E-state index contributed by atoms with van der Waals surface area (Å²) in [6, 6.07) is 13.9. The molecule has 0 radical (unpaired) electrons. The lowest BCUT2D eigenvalue weighted by Crippen LogP contribution is -2.38. The number of hydrogen-bond donors (Lipinski definition) is 1. The molecule has 1 aliphatic heterocycles. The van der Waals surface area contributed by atoms with E-state index in [-0.39, 0.29) is 16.8 Å². The lowest BCUT2D eigenvalue weighted by Gasteiger charge is -2.32. The van der Waals surface area contributed by atoms with Gasteiger partial charge in [0.2, 0.25) is 5.91 Å². The van der Waals surface area contributed by atoms with Gasteiger partial charge >= 0.3 is 0 Å². The zero-order valence-electron chi connectivity index (χ0n) is 17.0. The first-order chi connectivity index (χ1) is 15.0. The molecule has 6 nitrogen and oxygen atoms in total. The Hall–Kier alpha value is -3.19. The van der Waals surface area contributed by atoms with Crippen LogP contribution in [-0.2, 0) is 4.79 Å². The van der Waals surface area contributed by atoms with Crippen LogP contribution >= 0.6 is 11.6 Å². The number of carbonyl (C=O) groups is 1. The van der Waals surface area contributed by atoms with Crippen LogP contribution in [0.25, 0.3) is 11.3 Å². The van der Waals surface area contributed by atoms with E-state index in [0.717, 1.165) is 22.8 Å². The van der Waals surface area contributed by atoms with E-state index in [1.54, 1.807) is 13.4 Å². The van der Waals surface area contributed by atoms with E-state index < -0.39 is 5.82 Å². The molecule has 160 valence electrons. The maximum atomic E-state index is 13.3. The third-order valence-corrected chi connectivity index (χ3v) is 5.70. The Bertz CT molecular complexity index is 1070. The molecule has 1 N–H and O–H groups in total. The molecule has 3 aromatic rings. The average Bonchev–Trinajstić information content (AvgIpc) is 2.82. The molecule has 8 heteroatoms. The van der Waals surface area contributed by atoms with Gasteiger partial charge in [0.25, 0.3) is 0 Å². The molecule has 0 aliphatic carbocycles. The summed E-state index contributed by atoms with van der Waals surface area (Å²) < 4.78 is 18.5. The number of nitrogens with zero attached hydrogens (tertiary/aromatic N) is 3. The predicted molar refractivity (Wildman–Crippen MR) is 119 cm³/mol. The number of hydrogen-bond acceptors (Lipinski definition) is 5. The van der Waals surface area contributed by atoms with Crippen molar-refractivity contribution in [2.75, 3.05) is 30.4 Å². The van der Waals surface area contributed by atoms with Gasteiger partial charge in [0, 0.05) is 36.3 Å². The Morgan fingerprint density at radius 1 is 1.13 bits per heavy atom. The molecule has 0 atom stereocenters. The van der Waals surface area contributed by atoms with Gasteiger partial charge in [-0.05, 0) is 55.3 Å². The van der Waals surface area contributed by atoms with Crippen molar-refractivity contribution < 1.29 is 13.9 Å². The molecule has 2 heterocycles. The fourth-order valence-corrected chi connectivity index (χ4v) is 3.81. The van der Waals surface area contributed by atoms with E-state index in [0.29, 0.717) is 31.6 Å². The number of aromatic nitrogens is 2. The van der Waals surface area contributed by atoms with Crippen molar-refractivity contribution >= 4 is 29.0 Å². The van der Waals surface area contributed by atoms with Gasteiger partial charge in [0.15, 0.2) is 0 Å². The number of rotatable bonds is 5. The predicted octanol–water partition coefficient (Wildman–Crippen LogP) is 4.80. The molecule has 1 saturated heterocycles. The molecule has 4 rings (SSSR count). The minimum absolute atomic E-state index is 0.0101. The highest BCUT2D eigenvalue weighted by Gasteiger charge is 2.26. The van der Waals surface area contributed by atoms with Crippen LogP contribution in [0.15, 0.2) is 54.9 Å². The zero-order valence-corrected chi connectivity index (χ0v) is 17.8. The normalized spacial score (nSPS) is 14.4. The van der Waals surface area contributed by atoms with Crippen LogP contribution in [0.2, 0.25) is 5.02 Å². The first kappa shape index (κ1) is 21.1. The fourth-order valence-electron chi connectivity index (χ4n) is 3.63. The third-order valence-electron chi connectivity index (χ3n) is 5.42. The molecule has 1 aromatic heterocycles. The van der Waals surface area contributed by atoms with Crippen molar-refractivity contribution in [3.05, 3.63) is 65.7 Å². The summed E-state index contributed by atoms with van der Waals surface area (Å²) in [5.74, 6) is 0.921. The number of anilines is 2. The maximum Gasteiger partial charge on any atom is 0.227 e. The lowest BCUT2D eigenvalue weighted by atomic mass is 9.95. The summed E-state index contributed by atoms with van der Waals surface area (Å²) in [4.78, 5) is 23.6. The van der Waals surface area contributed by atoms with Crippen LogP contribution in [0.4, 0.5) is 15.9 Å². The van der Waals surface area contributed by atoms with E-state index in [2.05, 4.69) is 20.2 Å². The smallest absolute Gasteiger partial charge is 0.227 e. The summed E-state index contributed by atoms with van der Waals surface area (Å²) in [6.45, 7) is 1.42. The summed E-state index contributed by atoms with van der Waals surface area (Å²) in [6.07, 6.45) is 2.96. The van der Waals surface area contributed by atoms with Crippen LogP contribution in [0.1, 0.15) is 12.8 Å². The monoisotopic (exact) mass is 440 g/mol. The van der Waals surface area contributed by atoms with Gasteiger partial charge in [-0.2, -0.15) is 0 Å². The summed E-state index contributed by atoms with van der Waals surface area (Å²) >= 11 is 5.79. The van der Waals surface area contributed by atoms with Crippen molar-refractivity contribution in [2.24, 2.45) is 5.92 Å². The second-order valence-corrected chi connectivity index (χ2v) is 7.78. The highest BCUT2D eigenvalue weighted by Crippen LogP contribution is 2.27. The Balaban J connectivity index is 1.38. The largest absolute Gasteiger partial charge is 0.497 e. The zero-order chi connectivity index (χ0) is 21.8. The molecule has 0 bridgehead atoms. The van der Waals surface area contributed by atoms with Crippen molar-refractivity contribution in [1.82, 2.24) is 9.97 Å². The number of halogens is 2. The second kappa shape index (κ2) is 9.31. The first-order valence-electron chi connectivity index (χ1n) is 10.0. The fraction of sp³-hybridized carbons (Fsp3) is 0.261. The molecule has 1 aliphatic rings. The molecule has 31 heavy (non-hydrogen) atoms. The number of benzene rings is 2. The standard InChI is InChI=1S/C23H22ClFN4O2/c1-31-18-5-2-15(3-6-18)21-13-22(27-14-26-21)29-10-8-16(9-11-29)23(30)28-17-4-7-20(25)19(24)12-17/h2-7,12-14,16H,8-11H2,1H3,(H,28,30). The minimum Gasteiger partial charge on any atom is -0.497 e. The summed E-state index contributed by atoms with van der Waals surface area (Å²) in [5.41, 5.74) is 2.32. The molecule has 0 saturated carbocycles. The van der Waals surface area contributed by atoms with Gasteiger partial charge in [-0.1, -0.05) is 11.6 Å². The van der Waals surface area contributed by atoms with Gasteiger partial charge in [-0.15, -0.1) is 0 Å².